The van der Waals surface area contributed by atoms with Crippen molar-refractivity contribution in [3.63, 3.8) is 0 Å². The van der Waals surface area contributed by atoms with Crippen LogP contribution in [0.2, 0.25) is 0 Å². The zero-order chi connectivity index (χ0) is 22.0. The molecule has 0 unspecified atom stereocenters. The van der Waals surface area contributed by atoms with Gasteiger partial charge in [0.05, 0.1) is 11.1 Å². The van der Waals surface area contributed by atoms with Crippen LogP contribution in [0.5, 0.6) is 0 Å². The smallest absolute Gasteiger partial charge is 0.367 e. The molecule has 3 aromatic rings. The molecule has 0 saturated heterocycles. The van der Waals surface area contributed by atoms with Gasteiger partial charge >= 0.3 is 6.18 Å². The predicted octanol–water partition coefficient (Wildman–Crippen LogP) is 5.53. The molecule has 1 amide bonds. The average Bonchev–Trinajstić information content (AvgIpc) is 2.75. The number of rotatable bonds is 4. The summed E-state index contributed by atoms with van der Waals surface area (Å²) in [5.41, 5.74) is 1.24. The molecule has 0 spiro atoms. The third-order valence-corrected chi connectivity index (χ3v) is 5.65. The number of carbonyl (C=O) groups is 1. The Bertz CT molecular complexity index is 1080. The van der Waals surface area contributed by atoms with Gasteiger partial charge in [0.25, 0.3) is 5.91 Å². The van der Waals surface area contributed by atoms with Crippen molar-refractivity contribution in [2.45, 2.75) is 50.9 Å². The number of para-hydroxylation sites is 1. The zero-order valence-corrected chi connectivity index (χ0v) is 18.3. The van der Waals surface area contributed by atoms with Gasteiger partial charge in [0.1, 0.15) is 11.5 Å². The van der Waals surface area contributed by atoms with E-state index >= 15 is 0 Å². The molecule has 1 aliphatic rings. The van der Waals surface area contributed by atoms with Gasteiger partial charge < -0.3 is 10.6 Å². The largest absolute Gasteiger partial charge is 0.433 e. The minimum absolute atomic E-state index is 0. The number of hydrogen-bond acceptors (Lipinski definition) is 4. The second-order valence-corrected chi connectivity index (χ2v) is 7.94. The van der Waals surface area contributed by atoms with Crippen LogP contribution in [0.3, 0.4) is 0 Å². The molecule has 1 saturated carbocycles. The number of carbonyl (C=O) groups excluding carboxylic acids is 1. The summed E-state index contributed by atoms with van der Waals surface area (Å²) in [5, 5.41) is 7.54. The number of alkyl halides is 3. The van der Waals surface area contributed by atoms with E-state index < -0.39 is 17.8 Å². The van der Waals surface area contributed by atoms with Crippen LogP contribution in [-0.4, -0.2) is 28.0 Å². The number of amides is 1. The van der Waals surface area contributed by atoms with Crippen LogP contribution < -0.4 is 10.6 Å². The van der Waals surface area contributed by atoms with Crippen molar-refractivity contribution in [3.8, 4) is 0 Å². The summed E-state index contributed by atoms with van der Waals surface area (Å²) in [6, 6.07) is 12.3. The lowest BCUT2D eigenvalue weighted by molar-refractivity contribution is -0.141. The number of halogens is 4. The van der Waals surface area contributed by atoms with Gasteiger partial charge in [0.2, 0.25) is 0 Å². The number of aromatic nitrogens is 2. The highest BCUT2D eigenvalue weighted by molar-refractivity contribution is 5.94. The van der Waals surface area contributed by atoms with Gasteiger partial charge in [-0.3, -0.25) is 9.78 Å². The van der Waals surface area contributed by atoms with E-state index in [1.54, 1.807) is 0 Å². The van der Waals surface area contributed by atoms with E-state index in [1.807, 2.05) is 24.3 Å². The highest BCUT2D eigenvalue weighted by Crippen LogP contribution is 2.28. The fraction of sp³-hybridized carbons (Fsp3) is 0.348. The molecule has 2 heterocycles. The number of nitrogens with one attached hydrogen (secondary N) is 2. The van der Waals surface area contributed by atoms with Crippen molar-refractivity contribution in [2.75, 3.05) is 5.32 Å². The van der Waals surface area contributed by atoms with Crippen LogP contribution in [-0.2, 0) is 6.18 Å². The fourth-order valence-corrected chi connectivity index (χ4v) is 3.98. The summed E-state index contributed by atoms with van der Waals surface area (Å²) in [4.78, 5) is 20.4. The maximum absolute atomic E-state index is 12.6. The van der Waals surface area contributed by atoms with E-state index in [0.29, 0.717) is 0 Å². The Morgan fingerprint density at radius 3 is 2.38 bits per heavy atom. The van der Waals surface area contributed by atoms with Gasteiger partial charge in [-0.1, -0.05) is 18.2 Å². The Hall–Kier alpha value is -2.87. The van der Waals surface area contributed by atoms with Gasteiger partial charge in [0, 0.05) is 23.7 Å². The number of benzene rings is 1. The molecule has 5 nitrogen and oxygen atoms in total. The Balaban J connectivity index is 0.00000289. The molecule has 1 aromatic carbocycles. The van der Waals surface area contributed by atoms with Gasteiger partial charge in [-0.25, -0.2) is 4.98 Å². The minimum atomic E-state index is -4.52. The molecule has 170 valence electrons. The number of aryl methyl sites for hydroxylation is 1. The third-order valence-electron chi connectivity index (χ3n) is 5.65. The van der Waals surface area contributed by atoms with Crippen LogP contribution in [0.1, 0.15) is 47.3 Å². The summed E-state index contributed by atoms with van der Waals surface area (Å²) >= 11 is 0. The molecule has 4 rings (SSSR count). The molecule has 1 aliphatic carbocycles. The summed E-state index contributed by atoms with van der Waals surface area (Å²) < 4.78 is 37.8. The van der Waals surface area contributed by atoms with Crippen molar-refractivity contribution in [1.29, 1.82) is 0 Å². The average molecular weight is 465 g/mol. The van der Waals surface area contributed by atoms with E-state index in [1.165, 1.54) is 5.56 Å². The molecule has 32 heavy (non-hydrogen) atoms. The quantitative estimate of drug-likeness (QED) is 0.532. The van der Waals surface area contributed by atoms with Crippen molar-refractivity contribution < 1.29 is 18.0 Å². The van der Waals surface area contributed by atoms with Crippen LogP contribution in [0.25, 0.3) is 10.9 Å². The summed E-state index contributed by atoms with van der Waals surface area (Å²) in [5.74, 6) is 0.448. The predicted molar refractivity (Wildman–Crippen MR) is 120 cm³/mol. The zero-order valence-electron chi connectivity index (χ0n) is 17.4. The van der Waals surface area contributed by atoms with Crippen molar-refractivity contribution in [3.05, 3.63) is 65.5 Å². The number of pyridine rings is 2. The van der Waals surface area contributed by atoms with E-state index in [-0.39, 0.29) is 30.1 Å². The van der Waals surface area contributed by atoms with Gasteiger partial charge in [0.15, 0.2) is 0 Å². The second-order valence-electron chi connectivity index (χ2n) is 7.94. The topological polar surface area (TPSA) is 66.9 Å². The maximum atomic E-state index is 12.6. The number of nitrogens with zero attached hydrogens (tertiary/aromatic N) is 2. The van der Waals surface area contributed by atoms with Crippen molar-refractivity contribution in [1.82, 2.24) is 15.3 Å². The molecule has 0 radical (unpaired) electrons. The molecular weight excluding hydrogens is 441 g/mol. The molecule has 0 aliphatic heterocycles. The third kappa shape index (κ3) is 5.48. The normalized spacial score (nSPS) is 18.6. The number of anilines is 1. The van der Waals surface area contributed by atoms with Crippen molar-refractivity contribution >= 4 is 35.0 Å². The number of hydrogen-bond donors (Lipinski definition) is 2. The van der Waals surface area contributed by atoms with E-state index in [0.717, 1.165) is 60.7 Å². The monoisotopic (exact) mass is 464 g/mol. The Morgan fingerprint density at radius 2 is 1.72 bits per heavy atom. The highest BCUT2D eigenvalue weighted by atomic mass is 35.5. The van der Waals surface area contributed by atoms with E-state index in [9.17, 15) is 18.0 Å². The van der Waals surface area contributed by atoms with Gasteiger partial charge in [-0.2, -0.15) is 13.2 Å². The summed E-state index contributed by atoms with van der Waals surface area (Å²) in [6.07, 6.45) is -0.251. The number of fused-ring (bicyclic) bond motifs is 1. The first-order valence-electron chi connectivity index (χ1n) is 10.3. The first kappa shape index (κ1) is 23.8. The molecule has 0 atom stereocenters. The van der Waals surface area contributed by atoms with Gasteiger partial charge in [-0.05, 0) is 62.4 Å². The van der Waals surface area contributed by atoms with E-state index in [2.05, 4.69) is 28.6 Å². The van der Waals surface area contributed by atoms with Crippen LogP contribution >= 0.6 is 12.4 Å². The lowest BCUT2D eigenvalue weighted by Crippen LogP contribution is -2.40. The minimum Gasteiger partial charge on any atom is -0.367 e. The first-order valence-corrected chi connectivity index (χ1v) is 10.3. The van der Waals surface area contributed by atoms with E-state index in [4.69, 9.17) is 4.98 Å². The highest BCUT2D eigenvalue weighted by Gasteiger charge is 2.32. The SMILES string of the molecule is Cc1cc(NC2CCC(NC(=O)c3ccc(C(F)(F)F)nc3)CC2)nc2ccccc12.Cl. The molecule has 0 bridgehead atoms. The lowest BCUT2D eigenvalue weighted by atomic mass is 9.91. The maximum Gasteiger partial charge on any atom is 0.433 e. The fourth-order valence-electron chi connectivity index (χ4n) is 3.98. The first-order chi connectivity index (χ1) is 14.8. The summed E-state index contributed by atoms with van der Waals surface area (Å²) in [7, 11) is 0. The molecule has 9 heteroatoms. The second kappa shape index (κ2) is 9.73. The molecular formula is C23H24ClF3N4O. The standard InChI is InChI=1S/C23H23F3N4O.ClH/c1-14-12-21(30-19-5-3-2-4-18(14)19)28-16-7-9-17(10-8-16)29-22(31)15-6-11-20(27-13-15)23(24,25)26;/h2-6,11-13,16-17H,7-10H2,1H3,(H,28,30)(H,29,31);1H. The van der Waals surface area contributed by atoms with Crippen LogP contribution in [0.15, 0.2) is 48.7 Å². The van der Waals surface area contributed by atoms with Crippen molar-refractivity contribution in [2.24, 2.45) is 0 Å². The lowest BCUT2D eigenvalue weighted by Gasteiger charge is -2.30. The molecule has 2 aromatic heterocycles. The Kier molecular flexibility index (Phi) is 7.23. The summed E-state index contributed by atoms with van der Waals surface area (Å²) in [6.45, 7) is 2.07. The Morgan fingerprint density at radius 1 is 1.03 bits per heavy atom. The Labute approximate surface area is 190 Å². The molecule has 1 fully saturated rings. The van der Waals surface area contributed by atoms with Crippen LogP contribution in [0, 0.1) is 6.92 Å². The van der Waals surface area contributed by atoms with Crippen LogP contribution in [0.4, 0.5) is 19.0 Å². The molecule has 2 N–H and O–H groups in total. The van der Waals surface area contributed by atoms with Gasteiger partial charge in [-0.15, -0.1) is 12.4 Å².